The molecule has 21 heavy (non-hydrogen) atoms. The summed E-state index contributed by atoms with van der Waals surface area (Å²) >= 11 is 0. The number of carbonyl (C=O) groups is 1. The Labute approximate surface area is 126 Å². The van der Waals surface area contributed by atoms with Crippen molar-refractivity contribution in [1.82, 2.24) is 15.6 Å². The van der Waals surface area contributed by atoms with E-state index >= 15 is 0 Å². The predicted molar refractivity (Wildman–Crippen MR) is 82.0 cm³/mol. The number of aromatic nitrogens is 1. The molecule has 0 aliphatic carbocycles. The van der Waals surface area contributed by atoms with Crippen LogP contribution in [0.5, 0.6) is 0 Å². The molecule has 1 aromatic rings. The Kier molecular flexibility index (Phi) is 7.18. The van der Waals surface area contributed by atoms with E-state index < -0.39 is 0 Å². The van der Waals surface area contributed by atoms with Crippen molar-refractivity contribution in [2.45, 2.75) is 38.2 Å². The van der Waals surface area contributed by atoms with Crippen LogP contribution in [0.2, 0.25) is 0 Å². The monoisotopic (exact) mass is 291 g/mol. The second-order valence-electron chi connectivity index (χ2n) is 5.38. The first-order valence-corrected chi connectivity index (χ1v) is 7.82. The number of amides is 1. The fraction of sp³-hybridized carbons (Fsp3) is 0.625. The average molecular weight is 291 g/mol. The van der Waals surface area contributed by atoms with Gasteiger partial charge in [0.25, 0.3) is 0 Å². The molecule has 0 unspecified atom stereocenters. The van der Waals surface area contributed by atoms with Crippen LogP contribution in [0, 0.1) is 0 Å². The predicted octanol–water partition coefficient (Wildman–Crippen LogP) is 1.29. The molecule has 0 aromatic carbocycles. The van der Waals surface area contributed by atoms with Gasteiger partial charge in [0.15, 0.2) is 0 Å². The van der Waals surface area contributed by atoms with Crippen molar-refractivity contribution in [3.8, 4) is 0 Å². The summed E-state index contributed by atoms with van der Waals surface area (Å²) in [5.41, 5.74) is 1.10. The van der Waals surface area contributed by atoms with Gasteiger partial charge >= 0.3 is 0 Å². The minimum atomic E-state index is 0.0979. The molecule has 0 radical (unpaired) electrons. The summed E-state index contributed by atoms with van der Waals surface area (Å²) in [5.74, 6) is 0.0979. The van der Waals surface area contributed by atoms with Crippen LogP contribution in [-0.4, -0.2) is 43.2 Å². The number of carbonyl (C=O) groups excluding carboxylic acids is 1. The van der Waals surface area contributed by atoms with Gasteiger partial charge in [-0.2, -0.15) is 0 Å². The van der Waals surface area contributed by atoms with E-state index in [4.69, 9.17) is 4.74 Å². The average Bonchev–Trinajstić information content (AvgIpc) is 2.54. The SMILES string of the molecule is O=C(CCc1cccnc1)NCCCOC1CCNCC1. The lowest BCUT2D eigenvalue weighted by Crippen LogP contribution is -2.33. The first-order valence-electron chi connectivity index (χ1n) is 7.82. The maximum absolute atomic E-state index is 11.7. The smallest absolute Gasteiger partial charge is 0.220 e. The number of ether oxygens (including phenoxy) is 1. The minimum absolute atomic E-state index is 0.0979. The van der Waals surface area contributed by atoms with Crippen LogP contribution in [0.3, 0.4) is 0 Å². The molecule has 0 bridgehead atoms. The number of pyridine rings is 1. The zero-order valence-corrected chi connectivity index (χ0v) is 12.5. The Balaban J connectivity index is 1.47. The van der Waals surface area contributed by atoms with Crippen LogP contribution in [0.4, 0.5) is 0 Å². The molecule has 2 rings (SSSR count). The number of nitrogens with one attached hydrogen (secondary N) is 2. The maximum Gasteiger partial charge on any atom is 0.220 e. The van der Waals surface area contributed by atoms with E-state index in [9.17, 15) is 4.79 Å². The van der Waals surface area contributed by atoms with E-state index in [1.54, 1.807) is 12.4 Å². The first kappa shape index (κ1) is 15.9. The van der Waals surface area contributed by atoms with Gasteiger partial charge in [-0.15, -0.1) is 0 Å². The summed E-state index contributed by atoms with van der Waals surface area (Å²) in [6.45, 7) is 3.52. The van der Waals surface area contributed by atoms with Crippen LogP contribution in [0.15, 0.2) is 24.5 Å². The standard InChI is InChI=1S/C16H25N3O2/c20-16(5-4-14-3-1-8-18-13-14)19-9-2-12-21-15-6-10-17-11-7-15/h1,3,8,13,15,17H,2,4-7,9-12H2,(H,19,20). The molecule has 1 amide bonds. The summed E-state index contributed by atoms with van der Waals surface area (Å²) in [6.07, 6.45) is 8.27. The molecule has 1 aliphatic heterocycles. The van der Waals surface area contributed by atoms with Crippen molar-refractivity contribution in [2.24, 2.45) is 0 Å². The van der Waals surface area contributed by atoms with Crippen molar-refractivity contribution in [1.29, 1.82) is 0 Å². The Morgan fingerprint density at radius 1 is 1.43 bits per heavy atom. The third kappa shape index (κ3) is 6.69. The summed E-state index contributed by atoms with van der Waals surface area (Å²) < 4.78 is 5.79. The van der Waals surface area contributed by atoms with Gasteiger partial charge in [0.1, 0.15) is 0 Å². The summed E-state index contributed by atoms with van der Waals surface area (Å²) in [7, 11) is 0. The van der Waals surface area contributed by atoms with Crippen molar-refractivity contribution >= 4 is 5.91 Å². The van der Waals surface area contributed by atoms with Gasteiger partial charge in [0.05, 0.1) is 6.10 Å². The highest BCUT2D eigenvalue weighted by Crippen LogP contribution is 2.07. The normalized spacial score (nSPS) is 15.8. The molecule has 1 aliphatic rings. The molecule has 1 saturated heterocycles. The van der Waals surface area contributed by atoms with Crippen molar-refractivity contribution in [3.05, 3.63) is 30.1 Å². The van der Waals surface area contributed by atoms with Crippen LogP contribution < -0.4 is 10.6 Å². The molecular weight excluding hydrogens is 266 g/mol. The number of rotatable bonds is 8. The first-order chi connectivity index (χ1) is 10.3. The van der Waals surface area contributed by atoms with Crippen LogP contribution in [0.1, 0.15) is 31.2 Å². The second kappa shape index (κ2) is 9.47. The van der Waals surface area contributed by atoms with Gasteiger partial charge in [-0.25, -0.2) is 0 Å². The van der Waals surface area contributed by atoms with Crippen LogP contribution in [-0.2, 0) is 16.0 Å². The Hall–Kier alpha value is -1.46. The second-order valence-corrected chi connectivity index (χ2v) is 5.38. The highest BCUT2D eigenvalue weighted by atomic mass is 16.5. The number of hydrogen-bond donors (Lipinski definition) is 2. The highest BCUT2D eigenvalue weighted by Gasteiger charge is 2.12. The largest absolute Gasteiger partial charge is 0.378 e. The molecule has 5 nitrogen and oxygen atoms in total. The molecule has 2 N–H and O–H groups in total. The van der Waals surface area contributed by atoms with Gasteiger partial charge in [-0.05, 0) is 50.4 Å². The van der Waals surface area contributed by atoms with Gasteiger partial charge in [-0.3, -0.25) is 9.78 Å². The Bertz CT molecular complexity index is 405. The molecule has 2 heterocycles. The number of piperidine rings is 1. The van der Waals surface area contributed by atoms with E-state index in [0.717, 1.165) is 50.9 Å². The quantitative estimate of drug-likeness (QED) is 0.709. The lowest BCUT2D eigenvalue weighted by Gasteiger charge is -2.22. The van der Waals surface area contributed by atoms with E-state index in [1.807, 2.05) is 12.1 Å². The van der Waals surface area contributed by atoms with Gasteiger partial charge in [0.2, 0.25) is 5.91 Å². The topological polar surface area (TPSA) is 63.2 Å². The highest BCUT2D eigenvalue weighted by molar-refractivity contribution is 5.76. The Morgan fingerprint density at radius 3 is 3.05 bits per heavy atom. The number of hydrogen-bond acceptors (Lipinski definition) is 4. The third-order valence-corrected chi connectivity index (χ3v) is 3.65. The number of aryl methyl sites for hydroxylation is 1. The third-order valence-electron chi connectivity index (χ3n) is 3.65. The van der Waals surface area contributed by atoms with Crippen LogP contribution in [0.25, 0.3) is 0 Å². The lowest BCUT2D eigenvalue weighted by atomic mass is 10.1. The summed E-state index contributed by atoms with van der Waals surface area (Å²) in [5, 5.41) is 6.26. The molecule has 116 valence electrons. The fourth-order valence-electron chi connectivity index (χ4n) is 2.40. The molecule has 1 fully saturated rings. The molecule has 0 spiro atoms. The van der Waals surface area contributed by atoms with Crippen molar-refractivity contribution in [3.63, 3.8) is 0 Å². The van der Waals surface area contributed by atoms with Gasteiger partial charge in [0, 0.05) is 32.0 Å². The van der Waals surface area contributed by atoms with Gasteiger partial charge in [-0.1, -0.05) is 6.07 Å². The Morgan fingerprint density at radius 2 is 2.29 bits per heavy atom. The summed E-state index contributed by atoms with van der Waals surface area (Å²) in [4.78, 5) is 15.7. The lowest BCUT2D eigenvalue weighted by molar-refractivity contribution is -0.121. The summed E-state index contributed by atoms with van der Waals surface area (Å²) in [6, 6.07) is 3.89. The zero-order valence-electron chi connectivity index (χ0n) is 12.5. The van der Waals surface area contributed by atoms with E-state index in [0.29, 0.717) is 19.1 Å². The molecule has 1 aromatic heterocycles. The van der Waals surface area contributed by atoms with Crippen molar-refractivity contribution < 1.29 is 9.53 Å². The van der Waals surface area contributed by atoms with E-state index in [2.05, 4.69) is 15.6 Å². The molecular formula is C16H25N3O2. The minimum Gasteiger partial charge on any atom is -0.378 e. The van der Waals surface area contributed by atoms with E-state index in [-0.39, 0.29) is 5.91 Å². The fourth-order valence-corrected chi connectivity index (χ4v) is 2.40. The van der Waals surface area contributed by atoms with Gasteiger partial charge < -0.3 is 15.4 Å². The van der Waals surface area contributed by atoms with Crippen LogP contribution >= 0.6 is 0 Å². The van der Waals surface area contributed by atoms with Crippen molar-refractivity contribution in [2.75, 3.05) is 26.2 Å². The molecule has 0 saturated carbocycles. The number of nitrogens with zero attached hydrogens (tertiary/aromatic N) is 1. The van der Waals surface area contributed by atoms with E-state index in [1.165, 1.54) is 0 Å². The molecule has 0 atom stereocenters. The zero-order chi connectivity index (χ0) is 14.8. The maximum atomic E-state index is 11.7. The molecule has 5 heteroatoms.